The van der Waals surface area contributed by atoms with Crippen LogP contribution in [0.3, 0.4) is 0 Å². The molecule has 0 spiro atoms. The summed E-state index contributed by atoms with van der Waals surface area (Å²) in [5.41, 5.74) is 0.673. The van der Waals surface area contributed by atoms with Crippen molar-refractivity contribution in [3.63, 3.8) is 0 Å². The van der Waals surface area contributed by atoms with E-state index in [0.717, 1.165) is 6.07 Å². The summed E-state index contributed by atoms with van der Waals surface area (Å²) in [4.78, 5) is 11.9. The lowest BCUT2D eigenvalue weighted by Crippen LogP contribution is -2.30. The minimum absolute atomic E-state index is 0.0686. The van der Waals surface area contributed by atoms with Gasteiger partial charge in [0, 0.05) is 22.7 Å². The summed E-state index contributed by atoms with van der Waals surface area (Å²) < 4.78 is 26.5. The molecule has 7 heteroatoms. The van der Waals surface area contributed by atoms with Crippen LogP contribution in [0, 0.1) is 11.6 Å². The first-order valence-electron chi connectivity index (χ1n) is 6.80. The van der Waals surface area contributed by atoms with Crippen molar-refractivity contribution in [2.45, 2.75) is 13.0 Å². The molecule has 2 rings (SSSR count). The van der Waals surface area contributed by atoms with E-state index in [1.807, 2.05) is 0 Å². The second-order valence-corrected chi connectivity index (χ2v) is 5.78. The molecule has 1 amide bonds. The maximum absolute atomic E-state index is 13.7. The predicted octanol–water partition coefficient (Wildman–Crippen LogP) is 4.56. The molecule has 0 saturated heterocycles. The Hall–Kier alpha value is -1.69. The van der Waals surface area contributed by atoms with Crippen LogP contribution in [0.2, 0.25) is 10.0 Å². The largest absolute Gasteiger partial charge is 0.324 e. The quantitative estimate of drug-likeness (QED) is 0.822. The maximum Gasteiger partial charge on any atom is 0.238 e. The third-order valence-electron chi connectivity index (χ3n) is 3.20. The van der Waals surface area contributed by atoms with E-state index < -0.39 is 17.7 Å². The Morgan fingerprint density at radius 1 is 1.17 bits per heavy atom. The molecule has 1 atom stereocenters. The van der Waals surface area contributed by atoms with Gasteiger partial charge < -0.3 is 10.6 Å². The lowest BCUT2D eigenvalue weighted by Gasteiger charge is -2.15. The van der Waals surface area contributed by atoms with Crippen LogP contribution in [0.4, 0.5) is 14.5 Å². The summed E-state index contributed by atoms with van der Waals surface area (Å²) in [7, 11) is 0. The minimum atomic E-state index is -0.664. The second-order valence-electron chi connectivity index (χ2n) is 4.94. The number of rotatable bonds is 5. The zero-order valence-electron chi connectivity index (χ0n) is 12.2. The van der Waals surface area contributed by atoms with Crippen molar-refractivity contribution in [3.8, 4) is 0 Å². The Kier molecular flexibility index (Phi) is 5.93. The van der Waals surface area contributed by atoms with Crippen molar-refractivity contribution in [2.24, 2.45) is 0 Å². The third kappa shape index (κ3) is 4.89. The molecule has 0 aliphatic carbocycles. The van der Waals surface area contributed by atoms with Crippen molar-refractivity contribution in [1.29, 1.82) is 0 Å². The smallest absolute Gasteiger partial charge is 0.238 e. The minimum Gasteiger partial charge on any atom is -0.324 e. The van der Waals surface area contributed by atoms with E-state index >= 15 is 0 Å². The van der Waals surface area contributed by atoms with Crippen molar-refractivity contribution in [2.75, 3.05) is 11.9 Å². The fourth-order valence-electron chi connectivity index (χ4n) is 2.00. The Morgan fingerprint density at radius 3 is 2.61 bits per heavy atom. The highest BCUT2D eigenvalue weighted by molar-refractivity contribution is 6.35. The molecule has 0 aromatic heterocycles. The van der Waals surface area contributed by atoms with Crippen LogP contribution < -0.4 is 10.6 Å². The van der Waals surface area contributed by atoms with Gasteiger partial charge in [0.2, 0.25) is 5.91 Å². The molecule has 2 aromatic rings. The van der Waals surface area contributed by atoms with E-state index in [1.165, 1.54) is 18.2 Å². The molecule has 0 unspecified atom stereocenters. The molecule has 0 saturated carbocycles. The van der Waals surface area contributed by atoms with E-state index in [-0.39, 0.29) is 18.0 Å². The Balaban J connectivity index is 1.94. The molecule has 2 N–H and O–H groups in total. The molecule has 2 aromatic carbocycles. The molecule has 3 nitrogen and oxygen atoms in total. The summed E-state index contributed by atoms with van der Waals surface area (Å²) in [6.45, 7) is 1.61. The molecule has 0 bridgehead atoms. The topological polar surface area (TPSA) is 41.1 Å². The number of halogens is 4. The fraction of sp³-hybridized carbons (Fsp3) is 0.188. The number of carbonyl (C=O) groups is 1. The van der Waals surface area contributed by atoms with Gasteiger partial charge in [-0.2, -0.15) is 0 Å². The summed E-state index contributed by atoms with van der Waals surface area (Å²) >= 11 is 11.8. The lowest BCUT2D eigenvalue weighted by molar-refractivity contribution is -0.115. The number of amides is 1. The molecule has 0 fully saturated rings. The first-order chi connectivity index (χ1) is 10.9. The molecular formula is C16H14Cl2F2N2O. The van der Waals surface area contributed by atoms with Gasteiger partial charge in [-0.1, -0.05) is 29.3 Å². The second kappa shape index (κ2) is 7.73. The van der Waals surface area contributed by atoms with Crippen molar-refractivity contribution in [3.05, 3.63) is 63.6 Å². The van der Waals surface area contributed by atoms with Gasteiger partial charge in [-0.15, -0.1) is 0 Å². The molecule has 0 aliphatic rings. The average Bonchev–Trinajstić information content (AvgIpc) is 2.48. The predicted molar refractivity (Wildman–Crippen MR) is 87.9 cm³/mol. The molecule has 122 valence electrons. The van der Waals surface area contributed by atoms with E-state index in [2.05, 4.69) is 10.6 Å². The van der Waals surface area contributed by atoms with Gasteiger partial charge >= 0.3 is 0 Å². The normalized spacial score (nSPS) is 12.0. The number of hydrogen-bond acceptors (Lipinski definition) is 2. The van der Waals surface area contributed by atoms with E-state index in [1.54, 1.807) is 19.1 Å². The van der Waals surface area contributed by atoms with Gasteiger partial charge in [0.15, 0.2) is 0 Å². The monoisotopic (exact) mass is 358 g/mol. The molecular weight excluding hydrogens is 345 g/mol. The van der Waals surface area contributed by atoms with Crippen LogP contribution in [-0.4, -0.2) is 12.5 Å². The Labute approximate surface area is 142 Å². The molecule has 0 aliphatic heterocycles. The van der Waals surface area contributed by atoms with E-state index in [9.17, 15) is 13.6 Å². The maximum atomic E-state index is 13.7. The number of benzene rings is 2. The number of nitrogens with one attached hydrogen (secondary N) is 2. The average molecular weight is 359 g/mol. The Morgan fingerprint density at radius 2 is 1.91 bits per heavy atom. The van der Waals surface area contributed by atoms with Gasteiger partial charge in [0.1, 0.15) is 11.6 Å². The highest BCUT2D eigenvalue weighted by atomic mass is 35.5. The zero-order chi connectivity index (χ0) is 17.0. The van der Waals surface area contributed by atoms with Crippen LogP contribution in [0.5, 0.6) is 0 Å². The summed E-state index contributed by atoms with van der Waals surface area (Å²) in [6.07, 6.45) is 0. The van der Waals surface area contributed by atoms with Crippen LogP contribution in [-0.2, 0) is 4.79 Å². The van der Waals surface area contributed by atoms with Crippen LogP contribution in [0.1, 0.15) is 18.5 Å². The lowest BCUT2D eigenvalue weighted by atomic mass is 10.1. The van der Waals surface area contributed by atoms with E-state index in [0.29, 0.717) is 15.7 Å². The van der Waals surface area contributed by atoms with Crippen molar-refractivity contribution >= 4 is 34.8 Å². The highest BCUT2D eigenvalue weighted by Gasteiger charge is 2.13. The van der Waals surface area contributed by atoms with Gasteiger partial charge in [0.25, 0.3) is 0 Å². The van der Waals surface area contributed by atoms with Crippen LogP contribution in [0.15, 0.2) is 36.4 Å². The first kappa shape index (κ1) is 17.7. The standard InChI is InChI=1S/C16H14Cl2F2N2O/c1-9(12-4-3-11(19)7-14(12)20)21-8-16(23)22-15-6-10(17)2-5-13(15)18/h2-7,9,21H,8H2,1H3,(H,22,23)/t9-/m0/s1. The number of hydrogen-bond donors (Lipinski definition) is 2. The van der Waals surface area contributed by atoms with Crippen molar-refractivity contribution < 1.29 is 13.6 Å². The third-order valence-corrected chi connectivity index (χ3v) is 3.76. The van der Waals surface area contributed by atoms with E-state index in [4.69, 9.17) is 23.2 Å². The van der Waals surface area contributed by atoms with Gasteiger partial charge in [0.05, 0.1) is 17.3 Å². The highest BCUT2D eigenvalue weighted by Crippen LogP contribution is 2.25. The van der Waals surface area contributed by atoms with Gasteiger partial charge in [-0.05, 0) is 31.2 Å². The number of carbonyl (C=O) groups excluding carboxylic acids is 1. The summed E-state index contributed by atoms with van der Waals surface area (Å²) in [6, 6.07) is 7.57. The van der Waals surface area contributed by atoms with Gasteiger partial charge in [-0.3, -0.25) is 4.79 Å². The molecule has 0 radical (unpaired) electrons. The number of anilines is 1. The fourth-order valence-corrected chi connectivity index (χ4v) is 2.33. The van der Waals surface area contributed by atoms with Gasteiger partial charge in [-0.25, -0.2) is 8.78 Å². The summed E-state index contributed by atoms with van der Waals surface area (Å²) in [5, 5.41) is 6.28. The van der Waals surface area contributed by atoms with Crippen LogP contribution in [0.25, 0.3) is 0 Å². The molecule has 23 heavy (non-hydrogen) atoms. The SMILES string of the molecule is C[C@H](NCC(=O)Nc1cc(Cl)ccc1Cl)c1ccc(F)cc1F. The zero-order valence-corrected chi connectivity index (χ0v) is 13.7. The molecule has 0 heterocycles. The first-order valence-corrected chi connectivity index (χ1v) is 7.55. The van der Waals surface area contributed by atoms with Crippen LogP contribution >= 0.6 is 23.2 Å². The van der Waals surface area contributed by atoms with Crippen molar-refractivity contribution in [1.82, 2.24) is 5.32 Å². The summed E-state index contributed by atoms with van der Waals surface area (Å²) in [5.74, 6) is -1.67. The Bertz CT molecular complexity index is 725.